The number of hydrogen-bond donors (Lipinski definition) is 1. The summed E-state index contributed by atoms with van der Waals surface area (Å²) >= 11 is 0. The van der Waals surface area contributed by atoms with Gasteiger partial charge in [-0.25, -0.2) is 13.1 Å². The molecule has 5 rings (SSSR count). The summed E-state index contributed by atoms with van der Waals surface area (Å²) in [6.45, 7) is -0.275. The lowest BCUT2D eigenvalue weighted by molar-refractivity contribution is -0.137. The molecule has 0 atom stereocenters. The lowest BCUT2D eigenvalue weighted by Crippen LogP contribution is -2.25. The number of hydrogen-bond acceptors (Lipinski definition) is 6. The molecule has 3 aromatic heterocycles. The number of fused-ring (bicyclic) bond motifs is 2. The average Bonchev–Trinajstić information content (AvgIpc) is 3.26. The highest BCUT2D eigenvalue weighted by Crippen LogP contribution is 2.28. The standard InChI is InChI=1S/C26H20F3N5O3S/c1-34-14-19(11-32-34)18-9-23-24(31-10-18)7-4-17-3-2-16(8-22(17)25(23)35)15-38(36,37)33-13-21-6-5-20(12-30-21)26(27,28)29/h2-12,14,33H,13,15H2,1H3. The molecule has 5 aromatic rings. The van der Waals surface area contributed by atoms with Crippen LogP contribution in [0.1, 0.15) is 16.8 Å². The highest BCUT2D eigenvalue weighted by atomic mass is 32.2. The van der Waals surface area contributed by atoms with E-state index in [2.05, 4.69) is 19.8 Å². The molecule has 194 valence electrons. The summed E-state index contributed by atoms with van der Waals surface area (Å²) in [5.74, 6) is -0.432. The van der Waals surface area contributed by atoms with Gasteiger partial charge in [0.2, 0.25) is 10.0 Å². The zero-order chi connectivity index (χ0) is 27.1. The van der Waals surface area contributed by atoms with Crippen molar-refractivity contribution < 1.29 is 21.6 Å². The minimum absolute atomic E-state index is 0.136. The largest absolute Gasteiger partial charge is 0.417 e. The molecule has 0 unspecified atom stereocenters. The Morgan fingerprint density at radius 2 is 1.71 bits per heavy atom. The number of halogens is 3. The fraction of sp³-hybridized carbons (Fsp3) is 0.154. The van der Waals surface area contributed by atoms with Crippen LogP contribution in [0, 0.1) is 0 Å². The number of aryl methyl sites for hydroxylation is 1. The first-order valence-corrected chi connectivity index (χ1v) is 13.0. The molecule has 0 aliphatic rings. The molecule has 0 aliphatic carbocycles. The highest BCUT2D eigenvalue weighted by molar-refractivity contribution is 7.88. The molecule has 0 radical (unpaired) electrons. The van der Waals surface area contributed by atoms with E-state index >= 15 is 0 Å². The summed E-state index contributed by atoms with van der Waals surface area (Å²) in [6, 6.07) is 12.0. The van der Waals surface area contributed by atoms with Crippen LogP contribution in [-0.2, 0) is 35.5 Å². The van der Waals surface area contributed by atoms with Crippen molar-refractivity contribution in [2.75, 3.05) is 0 Å². The zero-order valence-corrected chi connectivity index (χ0v) is 20.7. The number of benzene rings is 1. The van der Waals surface area contributed by atoms with Gasteiger partial charge < -0.3 is 0 Å². The summed E-state index contributed by atoms with van der Waals surface area (Å²) in [4.78, 5) is 21.6. The Morgan fingerprint density at radius 3 is 2.39 bits per heavy atom. The van der Waals surface area contributed by atoms with Crippen molar-refractivity contribution in [3.8, 4) is 11.1 Å². The Hall–Kier alpha value is -4.16. The lowest BCUT2D eigenvalue weighted by Gasteiger charge is -2.09. The van der Waals surface area contributed by atoms with Crippen molar-refractivity contribution in [3.63, 3.8) is 0 Å². The summed E-state index contributed by atoms with van der Waals surface area (Å²) in [5, 5.41) is 5.49. The molecule has 0 spiro atoms. The van der Waals surface area contributed by atoms with E-state index < -0.39 is 27.5 Å². The molecule has 1 N–H and O–H groups in total. The number of nitrogens with zero attached hydrogens (tertiary/aromatic N) is 4. The number of sulfonamides is 1. The summed E-state index contributed by atoms with van der Waals surface area (Å²) in [7, 11) is -2.10. The van der Waals surface area contributed by atoms with Gasteiger partial charge in [0, 0.05) is 47.5 Å². The number of rotatable bonds is 6. The molecule has 0 fully saturated rings. The lowest BCUT2D eigenvalue weighted by atomic mass is 10.1. The maximum absolute atomic E-state index is 13.5. The van der Waals surface area contributed by atoms with Crippen molar-refractivity contribution in [1.82, 2.24) is 24.5 Å². The van der Waals surface area contributed by atoms with Crippen molar-refractivity contribution in [2.45, 2.75) is 18.5 Å². The molecule has 12 heteroatoms. The predicted octanol–water partition coefficient (Wildman–Crippen LogP) is 4.18. The van der Waals surface area contributed by atoms with Gasteiger partial charge in [0.15, 0.2) is 5.43 Å². The molecule has 0 saturated heterocycles. The van der Waals surface area contributed by atoms with E-state index in [1.54, 1.807) is 54.5 Å². The number of alkyl halides is 3. The third-order valence-electron chi connectivity index (χ3n) is 5.97. The van der Waals surface area contributed by atoms with E-state index in [1.807, 2.05) is 6.20 Å². The van der Waals surface area contributed by atoms with Gasteiger partial charge in [-0.15, -0.1) is 0 Å². The fourth-order valence-corrected chi connectivity index (χ4v) is 5.11. The van der Waals surface area contributed by atoms with Crippen LogP contribution in [-0.4, -0.2) is 28.2 Å². The number of nitrogens with one attached hydrogen (secondary N) is 1. The van der Waals surface area contributed by atoms with E-state index in [0.29, 0.717) is 33.4 Å². The molecular formula is C26H20F3N5O3S. The number of aromatic nitrogens is 4. The Morgan fingerprint density at radius 1 is 0.921 bits per heavy atom. The third kappa shape index (κ3) is 5.41. The molecule has 8 nitrogen and oxygen atoms in total. The summed E-state index contributed by atoms with van der Waals surface area (Å²) in [5.41, 5.74) is 1.32. The maximum Gasteiger partial charge on any atom is 0.417 e. The van der Waals surface area contributed by atoms with E-state index in [-0.39, 0.29) is 17.7 Å². The highest BCUT2D eigenvalue weighted by Gasteiger charge is 2.30. The van der Waals surface area contributed by atoms with Crippen LogP contribution in [0.3, 0.4) is 0 Å². The maximum atomic E-state index is 13.5. The van der Waals surface area contributed by atoms with Gasteiger partial charge >= 0.3 is 6.18 Å². The zero-order valence-electron chi connectivity index (χ0n) is 19.9. The van der Waals surface area contributed by atoms with Crippen molar-refractivity contribution in [3.05, 3.63) is 100 Å². The molecule has 38 heavy (non-hydrogen) atoms. The Bertz CT molecular complexity index is 1840. The summed E-state index contributed by atoms with van der Waals surface area (Å²) < 4.78 is 67.5. The van der Waals surface area contributed by atoms with Gasteiger partial charge in [-0.3, -0.25) is 19.4 Å². The first-order valence-electron chi connectivity index (χ1n) is 11.3. The molecule has 0 saturated carbocycles. The number of pyridine rings is 2. The molecule has 3 heterocycles. The first-order chi connectivity index (χ1) is 18.0. The van der Waals surface area contributed by atoms with Gasteiger partial charge in [-0.2, -0.15) is 18.3 Å². The Labute approximate surface area is 214 Å². The monoisotopic (exact) mass is 539 g/mol. The van der Waals surface area contributed by atoms with Gasteiger partial charge in [0.25, 0.3) is 0 Å². The third-order valence-corrected chi connectivity index (χ3v) is 7.26. The van der Waals surface area contributed by atoms with Crippen LogP contribution >= 0.6 is 0 Å². The van der Waals surface area contributed by atoms with Crippen molar-refractivity contribution in [2.24, 2.45) is 7.05 Å². The van der Waals surface area contributed by atoms with E-state index in [9.17, 15) is 26.4 Å². The molecule has 2 aromatic carbocycles. The van der Waals surface area contributed by atoms with E-state index in [1.165, 1.54) is 6.07 Å². The van der Waals surface area contributed by atoms with Crippen LogP contribution in [0.25, 0.3) is 32.8 Å². The predicted molar refractivity (Wildman–Crippen MR) is 136 cm³/mol. The van der Waals surface area contributed by atoms with Crippen LogP contribution in [0.4, 0.5) is 13.2 Å². The van der Waals surface area contributed by atoms with Crippen LogP contribution in [0.2, 0.25) is 0 Å². The average molecular weight is 540 g/mol. The Kier molecular flexibility index (Phi) is 6.45. The SMILES string of the molecule is Cn1cc(-c2cnc3ccc4ccc(CS(=O)(=O)NCc5ccc(C(F)(F)F)cn5)cc4c(=O)c3c2)cn1. The minimum Gasteiger partial charge on any atom is -0.289 e. The quantitative estimate of drug-likeness (QED) is 0.347. The van der Waals surface area contributed by atoms with Gasteiger partial charge in [-0.05, 0) is 41.3 Å². The van der Waals surface area contributed by atoms with Crippen molar-refractivity contribution >= 4 is 31.7 Å². The molecular weight excluding hydrogens is 519 g/mol. The molecule has 0 aliphatic heterocycles. The summed E-state index contributed by atoms with van der Waals surface area (Å²) in [6.07, 6.45) is 1.27. The topological polar surface area (TPSA) is 107 Å². The fourth-order valence-electron chi connectivity index (χ4n) is 4.02. The van der Waals surface area contributed by atoms with Crippen LogP contribution < -0.4 is 10.2 Å². The Balaban J connectivity index is 1.42. The molecule has 0 amide bonds. The van der Waals surface area contributed by atoms with Gasteiger partial charge in [-0.1, -0.05) is 18.2 Å². The normalized spacial score (nSPS) is 12.3. The molecule has 0 bridgehead atoms. The smallest absolute Gasteiger partial charge is 0.289 e. The second kappa shape index (κ2) is 9.62. The van der Waals surface area contributed by atoms with Crippen molar-refractivity contribution in [1.29, 1.82) is 0 Å². The van der Waals surface area contributed by atoms with E-state index in [0.717, 1.165) is 23.3 Å². The second-order valence-corrected chi connectivity index (χ2v) is 10.6. The van der Waals surface area contributed by atoms with Crippen LogP contribution in [0.5, 0.6) is 0 Å². The van der Waals surface area contributed by atoms with E-state index in [4.69, 9.17) is 0 Å². The van der Waals surface area contributed by atoms with Gasteiger partial charge in [0.05, 0.1) is 35.3 Å². The van der Waals surface area contributed by atoms with Gasteiger partial charge in [0.1, 0.15) is 0 Å². The van der Waals surface area contributed by atoms with Crippen LogP contribution in [0.15, 0.2) is 78.1 Å². The minimum atomic E-state index is -4.53. The first kappa shape index (κ1) is 25.5. The second-order valence-electron chi connectivity index (χ2n) is 8.76.